The Morgan fingerprint density at radius 3 is 2.73 bits per heavy atom. The Morgan fingerprint density at radius 2 is 2.27 bits per heavy atom. The molecule has 0 fully saturated rings. The molecule has 0 spiro atoms. The Balaban J connectivity index is 0.000001000. The molecule has 0 unspecified atom stereocenters. The average Bonchev–Trinajstić information content (AvgIpc) is 1.95. The third-order valence-corrected chi connectivity index (χ3v) is 1.99. The molecule has 1 N–H and O–H groups in total. The maximum absolute atomic E-state index is 5.79. The molecule has 1 aromatic heterocycles. The molecule has 2 nitrogen and oxygen atoms in total. The van der Waals surface area contributed by atoms with Gasteiger partial charge in [-0.1, -0.05) is 11.6 Å². The van der Waals surface area contributed by atoms with E-state index in [1.165, 1.54) is 0 Å². The molecule has 1 aromatic rings. The number of nitrogens with zero attached hydrogens (tertiary/aromatic N) is 1. The summed E-state index contributed by atoms with van der Waals surface area (Å²) in [5, 5.41) is 3.41. The molecule has 0 saturated carbocycles. The van der Waals surface area contributed by atoms with Crippen LogP contribution in [0.5, 0.6) is 0 Å². The molecule has 0 saturated heterocycles. The number of hydrogen-bond donors (Lipinski definition) is 2. The minimum absolute atomic E-state index is 0. The van der Waals surface area contributed by atoms with Crippen molar-refractivity contribution in [3.63, 3.8) is 0 Å². The van der Waals surface area contributed by atoms with E-state index >= 15 is 0 Å². The number of hydrogen-bond acceptors (Lipinski definition) is 3. The number of pyridine rings is 1. The van der Waals surface area contributed by atoms with Crippen LogP contribution in [0.3, 0.4) is 0 Å². The standard InChI is InChI=1S/C6H7ClN2S.Na/c1-8-6-5(7)4(10)2-3-9-6;/h2-3H,1H3,(H2,8,9,10);. The molecule has 0 aliphatic rings. The van der Waals surface area contributed by atoms with Crippen molar-refractivity contribution in [1.29, 1.82) is 0 Å². The van der Waals surface area contributed by atoms with Gasteiger partial charge in [0.05, 0.1) is 5.02 Å². The number of thiol groups is 1. The third-order valence-electron chi connectivity index (χ3n) is 1.11. The van der Waals surface area contributed by atoms with Crippen molar-refractivity contribution in [1.82, 2.24) is 4.98 Å². The van der Waals surface area contributed by atoms with Crippen molar-refractivity contribution in [2.24, 2.45) is 0 Å². The van der Waals surface area contributed by atoms with Crippen molar-refractivity contribution in [3.05, 3.63) is 17.3 Å². The van der Waals surface area contributed by atoms with E-state index in [0.717, 1.165) is 4.90 Å². The van der Waals surface area contributed by atoms with Gasteiger partial charge in [-0.2, -0.15) is 0 Å². The molecular weight excluding hydrogens is 191 g/mol. The van der Waals surface area contributed by atoms with Crippen LogP contribution in [0.15, 0.2) is 17.2 Å². The van der Waals surface area contributed by atoms with Crippen LogP contribution in [-0.2, 0) is 0 Å². The summed E-state index contributed by atoms with van der Waals surface area (Å²) in [7, 11) is 1.77. The summed E-state index contributed by atoms with van der Waals surface area (Å²) >= 11 is 9.90. The predicted octanol–water partition coefficient (Wildman–Crippen LogP) is 1.68. The minimum Gasteiger partial charge on any atom is -0.372 e. The van der Waals surface area contributed by atoms with Gasteiger partial charge in [0.2, 0.25) is 0 Å². The largest absolute Gasteiger partial charge is 0.372 e. The Labute approximate surface area is 98.4 Å². The number of rotatable bonds is 1. The molecule has 0 aromatic carbocycles. The summed E-state index contributed by atoms with van der Waals surface area (Å²) in [5.74, 6) is 0.661. The zero-order chi connectivity index (χ0) is 7.56. The zero-order valence-corrected chi connectivity index (χ0v) is 10.1. The van der Waals surface area contributed by atoms with Gasteiger partial charge in [-0.25, -0.2) is 4.98 Å². The molecule has 1 rings (SSSR count). The zero-order valence-electron chi connectivity index (χ0n) is 6.43. The monoisotopic (exact) mass is 197 g/mol. The quantitative estimate of drug-likeness (QED) is 0.529. The Hall–Kier alpha value is 0.590. The second-order valence-corrected chi connectivity index (χ2v) is 2.60. The molecule has 0 amide bonds. The van der Waals surface area contributed by atoms with Crippen LogP contribution >= 0.6 is 24.2 Å². The fourth-order valence-corrected chi connectivity index (χ4v) is 0.987. The van der Waals surface area contributed by atoms with Crippen molar-refractivity contribution >= 4 is 59.6 Å². The summed E-state index contributed by atoms with van der Waals surface area (Å²) in [5.41, 5.74) is 0. The maximum atomic E-state index is 5.79. The maximum Gasteiger partial charge on any atom is 0.145 e. The summed E-state index contributed by atoms with van der Waals surface area (Å²) in [6, 6.07) is 1.74. The summed E-state index contributed by atoms with van der Waals surface area (Å²) < 4.78 is 0. The first-order valence-corrected chi connectivity index (χ1v) is 3.59. The first-order chi connectivity index (χ1) is 4.75. The van der Waals surface area contributed by atoms with E-state index in [4.69, 9.17) is 11.6 Å². The van der Waals surface area contributed by atoms with Crippen LogP contribution in [0.2, 0.25) is 5.02 Å². The second-order valence-electron chi connectivity index (χ2n) is 1.74. The number of nitrogens with one attached hydrogen (secondary N) is 1. The molecule has 55 valence electrons. The Morgan fingerprint density at radius 1 is 1.64 bits per heavy atom. The first kappa shape index (κ1) is 11.6. The van der Waals surface area contributed by atoms with Gasteiger partial charge in [-0.3, -0.25) is 0 Å². The van der Waals surface area contributed by atoms with Crippen LogP contribution in [0.25, 0.3) is 0 Å². The summed E-state index contributed by atoms with van der Waals surface area (Å²) in [6.45, 7) is 0. The number of anilines is 1. The van der Waals surface area contributed by atoms with Crippen LogP contribution < -0.4 is 5.32 Å². The van der Waals surface area contributed by atoms with Crippen molar-refractivity contribution < 1.29 is 0 Å². The van der Waals surface area contributed by atoms with Crippen LogP contribution in [0, 0.1) is 0 Å². The van der Waals surface area contributed by atoms with Gasteiger partial charge >= 0.3 is 0 Å². The SMILES string of the molecule is CNc1nccc(S)c1Cl.[Na]. The van der Waals surface area contributed by atoms with Crippen molar-refractivity contribution in [3.8, 4) is 0 Å². The van der Waals surface area contributed by atoms with Crippen molar-refractivity contribution in [2.75, 3.05) is 12.4 Å². The van der Waals surface area contributed by atoms with Gasteiger partial charge in [-0.05, 0) is 6.07 Å². The van der Waals surface area contributed by atoms with E-state index in [1.807, 2.05) is 0 Å². The Kier molecular flexibility index (Phi) is 5.56. The molecule has 0 atom stereocenters. The molecular formula is C6H7ClN2NaS. The number of aromatic nitrogens is 1. The van der Waals surface area contributed by atoms with Crippen LogP contribution in [0.4, 0.5) is 5.82 Å². The van der Waals surface area contributed by atoms with Crippen LogP contribution in [-0.4, -0.2) is 41.6 Å². The molecule has 1 heterocycles. The molecule has 1 radical (unpaired) electrons. The summed E-state index contributed by atoms with van der Waals surface area (Å²) in [6.07, 6.45) is 1.65. The van der Waals surface area contributed by atoms with Crippen LogP contribution in [0.1, 0.15) is 0 Å². The van der Waals surface area contributed by atoms with Gasteiger partial charge in [-0.15, -0.1) is 12.6 Å². The topological polar surface area (TPSA) is 24.9 Å². The van der Waals surface area contributed by atoms with Crippen molar-refractivity contribution in [2.45, 2.75) is 4.90 Å². The van der Waals surface area contributed by atoms with Gasteiger partial charge in [0, 0.05) is 47.7 Å². The van der Waals surface area contributed by atoms with E-state index in [0.29, 0.717) is 10.8 Å². The fourth-order valence-electron chi connectivity index (χ4n) is 0.608. The van der Waals surface area contributed by atoms with Gasteiger partial charge < -0.3 is 5.32 Å². The van der Waals surface area contributed by atoms with Gasteiger partial charge in [0.1, 0.15) is 5.82 Å². The minimum atomic E-state index is 0. The second kappa shape index (κ2) is 5.27. The van der Waals surface area contributed by atoms with E-state index < -0.39 is 0 Å². The molecule has 0 aliphatic carbocycles. The molecule has 5 heteroatoms. The van der Waals surface area contributed by atoms with E-state index in [-0.39, 0.29) is 29.6 Å². The van der Waals surface area contributed by atoms with E-state index in [2.05, 4.69) is 22.9 Å². The average molecular weight is 198 g/mol. The first-order valence-electron chi connectivity index (χ1n) is 2.77. The van der Waals surface area contributed by atoms with Gasteiger partial charge in [0.25, 0.3) is 0 Å². The molecule has 11 heavy (non-hydrogen) atoms. The fraction of sp³-hybridized carbons (Fsp3) is 0.167. The van der Waals surface area contributed by atoms with E-state index in [1.54, 1.807) is 19.3 Å². The predicted molar refractivity (Wildman–Crippen MR) is 51.8 cm³/mol. The normalized spacial score (nSPS) is 8.64. The van der Waals surface area contributed by atoms with Gasteiger partial charge in [0.15, 0.2) is 0 Å². The molecule has 0 bridgehead atoms. The Bertz CT molecular complexity index is 244. The van der Waals surface area contributed by atoms with E-state index in [9.17, 15) is 0 Å². The molecule has 0 aliphatic heterocycles. The number of halogens is 1. The smallest absolute Gasteiger partial charge is 0.145 e. The third kappa shape index (κ3) is 2.84. The summed E-state index contributed by atoms with van der Waals surface area (Å²) in [4.78, 5) is 4.70.